The molecular formula is C31H66O11. The van der Waals surface area contributed by atoms with Gasteiger partial charge in [0.2, 0.25) is 0 Å². The number of methoxy groups -OCH3 is 2. The van der Waals surface area contributed by atoms with Gasteiger partial charge >= 0.3 is 29.8 Å². The van der Waals surface area contributed by atoms with Gasteiger partial charge in [-0.1, -0.05) is 51.5 Å². The van der Waals surface area contributed by atoms with Crippen molar-refractivity contribution in [1.82, 2.24) is 0 Å². The van der Waals surface area contributed by atoms with Crippen molar-refractivity contribution in [2.45, 2.75) is 118 Å². The van der Waals surface area contributed by atoms with E-state index < -0.39 is 46.1 Å². The zero-order valence-corrected chi connectivity index (χ0v) is 22.6. The number of aliphatic carboxylic acids is 1. The van der Waals surface area contributed by atoms with Crippen molar-refractivity contribution in [1.29, 1.82) is 0 Å². The second-order valence-electron chi connectivity index (χ2n) is 9.94. The minimum atomic E-state index is -1.36. The fraction of sp³-hybridized carbons (Fsp3) is 0.839. The third-order valence-electron chi connectivity index (χ3n) is 5.97. The van der Waals surface area contributed by atoms with Crippen molar-refractivity contribution in [3.05, 3.63) is 0 Å². The molecule has 0 bridgehead atoms. The zero-order valence-electron chi connectivity index (χ0n) is 22.6. The fourth-order valence-corrected chi connectivity index (χ4v) is 3.93. The van der Waals surface area contributed by atoms with Crippen LogP contribution in [0.5, 0.6) is 0 Å². The smallest absolute Gasteiger partial charge is 0.311 e. The SMILES string of the molecule is C.C.C.C.C.C.CCC(C)(CC(C)(CC(C)(C)C(=O)OCCCOC)C(=O)OCCC(=O)O)C(=O)OCCC(=O)OC. The van der Waals surface area contributed by atoms with Crippen LogP contribution in [0.25, 0.3) is 0 Å². The maximum atomic E-state index is 13.2. The number of carboxylic acid groups (broad SMARTS) is 1. The molecule has 0 aliphatic rings. The molecular weight excluding hydrogens is 548 g/mol. The number of ether oxygens (including phenoxy) is 5. The molecule has 0 amide bonds. The molecule has 0 radical (unpaired) electrons. The number of rotatable bonds is 18. The Labute approximate surface area is 257 Å². The Hall–Kier alpha value is -2.69. The lowest BCUT2D eigenvalue weighted by molar-refractivity contribution is -0.169. The summed E-state index contributed by atoms with van der Waals surface area (Å²) in [4.78, 5) is 61.2. The highest BCUT2D eigenvalue weighted by atomic mass is 16.6. The largest absolute Gasteiger partial charge is 0.481 e. The molecule has 11 nitrogen and oxygen atoms in total. The standard InChI is InChI=1S/C25H42O11.6CH4/c1-8-24(4,21(30)36-15-11-19(28)33-7)17-25(5,22(31)35-14-10-18(26)27)16-23(2,3)20(29)34-13-9-12-32-6;;;;;;/h8-17H2,1-7H3,(H,26,27);6*1H4. The first-order valence-corrected chi connectivity index (χ1v) is 12.0. The topological polar surface area (TPSA) is 152 Å². The van der Waals surface area contributed by atoms with Crippen LogP contribution in [0.1, 0.15) is 118 Å². The molecule has 1 N–H and O–H groups in total. The van der Waals surface area contributed by atoms with Gasteiger partial charge in [-0.2, -0.15) is 0 Å². The molecule has 0 heterocycles. The zero-order chi connectivity index (χ0) is 28.0. The summed E-state index contributed by atoms with van der Waals surface area (Å²) in [5, 5.41) is 8.89. The summed E-state index contributed by atoms with van der Waals surface area (Å²) >= 11 is 0. The predicted octanol–water partition coefficient (Wildman–Crippen LogP) is 6.74. The van der Waals surface area contributed by atoms with Gasteiger partial charge in [0.25, 0.3) is 0 Å². The minimum Gasteiger partial charge on any atom is -0.481 e. The van der Waals surface area contributed by atoms with Crippen LogP contribution in [-0.2, 0) is 47.7 Å². The molecule has 2 unspecified atom stereocenters. The second-order valence-corrected chi connectivity index (χ2v) is 9.94. The molecule has 2 atom stereocenters. The average molecular weight is 615 g/mol. The summed E-state index contributed by atoms with van der Waals surface area (Å²) in [5.74, 6) is -3.53. The van der Waals surface area contributed by atoms with Crippen molar-refractivity contribution < 1.29 is 52.8 Å². The minimum absolute atomic E-state index is 0. The van der Waals surface area contributed by atoms with E-state index in [9.17, 15) is 24.0 Å². The monoisotopic (exact) mass is 614 g/mol. The van der Waals surface area contributed by atoms with Crippen LogP contribution in [0.2, 0.25) is 0 Å². The molecule has 0 aromatic rings. The van der Waals surface area contributed by atoms with E-state index in [4.69, 9.17) is 24.1 Å². The lowest BCUT2D eigenvalue weighted by atomic mass is 9.65. The van der Waals surface area contributed by atoms with Crippen LogP contribution in [0.3, 0.4) is 0 Å². The van der Waals surface area contributed by atoms with E-state index in [0.29, 0.717) is 19.4 Å². The van der Waals surface area contributed by atoms with Crippen LogP contribution in [0.15, 0.2) is 0 Å². The summed E-state index contributed by atoms with van der Waals surface area (Å²) in [5.41, 5.74) is -3.65. The fourth-order valence-electron chi connectivity index (χ4n) is 3.93. The molecule has 0 aliphatic heterocycles. The lowest BCUT2D eigenvalue weighted by Gasteiger charge is -2.39. The third-order valence-corrected chi connectivity index (χ3v) is 5.97. The molecule has 0 aromatic heterocycles. The van der Waals surface area contributed by atoms with Crippen molar-refractivity contribution in [2.75, 3.05) is 40.6 Å². The maximum Gasteiger partial charge on any atom is 0.311 e. The first kappa shape index (κ1) is 55.3. The third kappa shape index (κ3) is 19.4. The number of carbonyl (C=O) groups excluding carboxylic acids is 4. The van der Waals surface area contributed by atoms with Crippen molar-refractivity contribution in [2.24, 2.45) is 16.2 Å². The summed E-state index contributed by atoms with van der Waals surface area (Å²) < 4.78 is 25.4. The number of carbonyl (C=O) groups is 5. The Kier molecular flexibility index (Phi) is 34.2. The molecule has 42 heavy (non-hydrogen) atoms. The van der Waals surface area contributed by atoms with E-state index in [0.717, 1.165) is 0 Å². The number of esters is 4. The highest BCUT2D eigenvalue weighted by Crippen LogP contribution is 2.45. The summed E-state index contributed by atoms with van der Waals surface area (Å²) in [6.45, 7) is 8.27. The van der Waals surface area contributed by atoms with Crippen LogP contribution >= 0.6 is 0 Å². The van der Waals surface area contributed by atoms with Crippen molar-refractivity contribution in [3.8, 4) is 0 Å². The Bertz CT molecular complexity index is 764. The summed E-state index contributed by atoms with van der Waals surface area (Å²) in [6.07, 6.45) is 0.244. The van der Waals surface area contributed by atoms with E-state index in [1.807, 2.05) is 0 Å². The van der Waals surface area contributed by atoms with Crippen LogP contribution in [-0.4, -0.2) is 75.6 Å². The van der Waals surface area contributed by atoms with Gasteiger partial charge in [-0.15, -0.1) is 0 Å². The van der Waals surface area contributed by atoms with Crippen LogP contribution < -0.4 is 0 Å². The van der Waals surface area contributed by atoms with Gasteiger partial charge in [-0.05, 0) is 47.0 Å². The quantitative estimate of drug-likeness (QED) is 0.0992. The Morgan fingerprint density at radius 1 is 0.619 bits per heavy atom. The number of hydrogen-bond donors (Lipinski definition) is 1. The van der Waals surface area contributed by atoms with E-state index in [-0.39, 0.29) is 90.1 Å². The molecule has 0 aromatic carbocycles. The molecule has 0 saturated carbocycles. The molecule has 0 spiro atoms. The lowest BCUT2D eigenvalue weighted by Crippen LogP contribution is -2.44. The summed E-state index contributed by atoms with van der Waals surface area (Å²) in [7, 11) is 2.77. The highest BCUT2D eigenvalue weighted by Gasteiger charge is 2.49. The van der Waals surface area contributed by atoms with Crippen molar-refractivity contribution >= 4 is 29.8 Å². The molecule has 0 saturated heterocycles. The van der Waals surface area contributed by atoms with Gasteiger partial charge in [0.15, 0.2) is 0 Å². The number of hydrogen-bond acceptors (Lipinski definition) is 10. The molecule has 0 rings (SSSR count). The molecule has 0 fully saturated rings. The van der Waals surface area contributed by atoms with Gasteiger partial charge in [0, 0.05) is 20.1 Å². The Morgan fingerprint density at radius 2 is 1.07 bits per heavy atom. The van der Waals surface area contributed by atoms with Gasteiger partial charge in [0.1, 0.15) is 13.2 Å². The van der Waals surface area contributed by atoms with Crippen LogP contribution in [0.4, 0.5) is 0 Å². The predicted molar refractivity (Wildman–Crippen MR) is 168 cm³/mol. The molecule has 256 valence electrons. The van der Waals surface area contributed by atoms with Gasteiger partial charge < -0.3 is 28.8 Å². The summed E-state index contributed by atoms with van der Waals surface area (Å²) in [6, 6.07) is 0. The molecule has 11 heteroatoms. The van der Waals surface area contributed by atoms with Crippen molar-refractivity contribution in [3.63, 3.8) is 0 Å². The van der Waals surface area contributed by atoms with E-state index >= 15 is 0 Å². The average Bonchev–Trinajstić information content (AvgIpc) is 2.80. The molecule has 0 aliphatic carbocycles. The number of carboxylic acids is 1. The van der Waals surface area contributed by atoms with E-state index in [2.05, 4.69) is 4.74 Å². The van der Waals surface area contributed by atoms with E-state index in [1.54, 1.807) is 41.7 Å². The van der Waals surface area contributed by atoms with Gasteiger partial charge in [-0.25, -0.2) is 0 Å². The second kappa shape index (κ2) is 26.0. The Morgan fingerprint density at radius 3 is 1.50 bits per heavy atom. The maximum absolute atomic E-state index is 13.2. The first-order valence-electron chi connectivity index (χ1n) is 12.0. The van der Waals surface area contributed by atoms with Gasteiger partial charge in [0.05, 0.1) is 42.8 Å². The normalized spacial score (nSPS) is 12.5. The first-order chi connectivity index (χ1) is 16.7. The van der Waals surface area contributed by atoms with Crippen LogP contribution in [0, 0.1) is 16.2 Å². The Balaban J connectivity index is -0.000000408. The highest BCUT2D eigenvalue weighted by molar-refractivity contribution is 5.83. The van der Waals surface area contributed by atoms with Gasteiger partial charge in [-0.3, -0.25) is 24.0 Å². The van der Waals surface area contributed by atoms with E-state index in [1.165, 1.54) is 7.11 Å².